The molecule has 178 valence electrons. The van der Waals surface area contributed by atoms with Gasteiger partial charge in [-0.05, 0) is 62.6 Å². The zero-order chi connectivity index (χ0) is 23.4. The van der Waals surface area contributed by atoms with Gasteiger partial charge in [0.05, 0.1) is 23.2 Å². The first-order valence-corrected chi connectivity index (χ1v) is 12.8. The van der Waals surface area contributed by atoms with Crippen molar-refractivity contribution in [1.82, 2.24) is 14.2 Å². The Morgan fingerprint density at radius 1 is 1.15 bits per heavy atom. The van der Waals surface area contributed by atoms with Crippen molar-refractivity contribution in [2.75, 3.05) is 26.2 Å². The minimum absolute atomic E-state index is 0.00979. The zero-order valence-electron chi connectivity index (χ0n) is 19.1. The van der Waals surface area contributed by atoms with E-state index in [1.807, 2.05) is 26.0 Å². The predicted octanol–water partition coefficient (Wildman–Crippen LogP) is 2.70. The lowest BCUT2D eigenvalue weighted by molar-refractivity contribution is -0.0440. The first-order valence-electron chi connectivity index (χ1n) is 11.4. The van der Waals surface area contributed by atoms with Crippen LogP contribution in [0.15, 0.2) is 53.7 Å². The molecule has 0 spiro atoms. The molecule has 3 unspecified atom stereocenters. The monoisotopic (exact) mass is 473 g/mol. The molecule has 0 bridgehead atoms. The highest BCUT2D eigenvalue weighted by molar-refractivity contribution is 7.89. The van der Waals surface area contributed by atoms with E-state index in [1.54, 1.807) is 29.4 Å². The number of rotatable bonds is 7. The summed E-state index contributed by atoms with van der Waals surface area (Å²) in [6.45, 7) is 5.97. The van der Waals surface area contributed by atoms with Gasteiger partial charge in [-0.15, -0.1) is 0 Å². The number of ether oxygens (including phenoxy) is 2. The van der Waals surface area contributed by atoms with Crippen molar-refractivity contribution in [2.45, 2.75) is 56.4 Å². The number of nitrogens with zero attached hydrogens (tertiary/aromatic N) is 3. The molecule has 33 heavy (non-hydrogen) atoms. The topological polar surface area (TPSA) is 89.0 Å². The van der Waals surface area contributed by atoms with Crippen molar-refractivity contribution < 1.29 is 22.7 Å². The summed E-state index contributed by atoms with van der Waals surface area (Å²) in [4.78, 5) is 19.4. The SMILES string of the molecule is CC1CN(S(=O)(=O)c2ccc(C(=O)N(Cc3cccnc3)CC3CCCO3)cc2)CC(C)O1. The number of morpholine rings is 1. The highest BCUT2D eigenvalue weighted by atomic mass is 32.2. The summed E-state index contributed by atoms with van der Waals surface area (Å²) < 4.78 is 39.1. The van der Waals surface area contributed by atoms with E-state index in [9.17, 15) is 13.2 Å². The molecule has 1 amide bonds. The van der Waals surface area contributed by atoms with Gasteiger partial charge in [0.25, 0.3) is 5.91 Å². The molecule has 0 N–H and O–H groups in total. The summed E-state index contributed by atoms with van der Waals surface area (Å²) in [6, 6.07) is 9.99. The van der Waals surface area contributed by atoms with Crippen molar-refractivity contribution in [3.63, 3.8) is 0 Å². The van der Waals surface area contributed by atoms with Crippen molar-refractivity contribution in [3.05, 3.63) is 59.9 Å². The van der Waals surface area contributed by atoms with Crippen molar-refractivity contribution in [1.29, 1.82) is 0 Å². The van der Waals surface area contributed by atoms with Crippen LogP contribution in [0.1, 0.15) is 42.6 Å². The van der Waals surface area contributed by atoms with Gasteiger partial charge < -0.3 is 14.4 Å². The molecule has 2 aliphatic heterocycles. The maximum Gasteiger partial charge on any atom is 0.254 e. The van der Waals surface area contributed by atoms with Crippen LogP contribution < -0.4 is 0 Å². The molecule has 2 fully saturated rings. The third-order valence-corrected chi connectivity index (χ3v) is 7.80. The van der Waals surface area contributed by atoms with Crippen LogP contribution in [0, 0.1) is 0 Å². The van der Waals surface area contributed by atoms with Gasteiger partial charge in [0.1, 0.15) is 0 Å². The number of carbonyl (C=O) groups is 1. The fourth-order valence-corrected chi connectivity index (χ4v) is 5.98. The molecule has 2 aliphatic rings. The largest absolute Gasteiger partial charge is 0.376 e. The van der Waals surface area contributed by atoms with Crippen molar-refractivity contribution in [2.24, 2.45) is 0 Å². The summed E-state index contributed by atoms with van der Waals surface area (Å²) in [5.74, 6) is -0.160. The lowest BCUT2D eigenvalue weighted by Crippen LogP contribution is -2.48. The third-order valence-electron chi connectivity index (χ3n) is 5.96. The van der Waals surface area contributed by atoms with Crippen LogP contribution in [0.5, 0.6) is 0 Å². The molecular weight excluding hydrogens is 442 g/mol. The molecule has 0 aliphatic carbocycles. The minimum Gasteiger partial charge on any atom is -0.376 e. The molecule has 0 saturated carbocycles. The standard InChI is InChI=1S/C24H31N3O5S/c1-18-14-27(15-19(2)32-18)33(29,30)23-9-7-21(8-10-23)24(28)26(17-22-6-4-12-31-22)16-20-5-3-11-25-13-20/h3,5,7-11,13,18-19,22H,4,6,12,14-17H2,1-2H3. The molecule has 2 saturated heterocycles. The fourth-order valence-electron chi connectivity index (χ4n) is 4.39. The average molecular weight is 474 g/mol. The Hall–Kier alpha value is -2.33. The number of benzene rings is 1. The maximum atomic E-state index is 13.4. The van der Waals surface area contributed by atoms with Gasteiger partial charge >= 0.3 is 0 Å². The summed E-state index contributed by atoms with van der Waals surface area (Å²) in [5.41, 5.74) is 1.37. The quantitative estimate of drug-likeness (QED) is 0.614. The molecule has 3 heterocycles. The van der Waals surface area contributed by atoms with Crippen LogP contribution >= 0.6 is 0 Å². The van der Waals surface area contributed by atoms with Crippen LogP contribution in [0.2, 0.25) is 0 Å². The van der Waals surface area contributed by atoms with Gasteiger partial charge in [-0.3, -0.25) is 9.78 Å². The first-order chi connectivity index (χ1) is 15.8. The van der Waals surface area contributed by atoms with E-state index in [-0.39, 0.29) is 29.1 Å². The number of amides is 1. The molecule has 4 rings (SSSR count). The molecule has 1 aromatic heterocycles. The van der Waals surface area contributed by atoms with Gasteiger partial charge in [-0.1, -0.05) is 6.07 Å². The Labute approximate surface area is 195 Å². The fraction of sp³-hybridized carbons (Fsp3) is 0.500. The van der Waals surface area contributed by atoms with E-state index >= 15 is 0 Å². The Balaban J connectivity index is 1.52. The van der Waals surface area contributed by atoms with Crippen molar-refractivity contribution >= 4 is 15.9 Å². The number of hydrogen-bond donors (Lipinski definition) is 0. The average Bonchev–Trinajstić information content (AvgIpc) is 3.31. The van der Waals surface area contributed by atoms with E-state index in [0.717, 1.165) is 18.4 Å². The number of hydrogen-bond acceptors (Lipinski definition) is 6. The van der Waals surface area contributed by atoms with Crippen LogP contribution in [0.25, 0.3) is 0 Å². The second-order valence-electron chi connectivity index (χ2n) is 8.79. The second kappa shape index (κ2) is 10.3. The Morgan fingerprint density at radius 2 is 1.88 bits per heavy atom. The molecule has 0 radical (unpaired) electrons. The van der Waals surface area contributed by atoms with Crippen LogP contribution in [0.3, 0.4) is 0 Å². The molecule has 8 nitrogen and oxygen atoms in total. The minimum atomic E-state index is -3.66. The van der Waals surface area contributed by atoms with Gasteiger partial charge in [-0.25, -0.2) is 8.42 Å². The van der Waals surface area contributed by atoms with Gasteiger partial charge in [0, 0.05) is 50.7 Å². The van der Waals surface area contributed by atoms with Gasteiger partial charge in [0.2, 0.25) is 10.0 Å². The lowest BCUT2D eigenvalue weighted by atomic mass is 10.1. The Bertz CT molecular complexity index is 1030. The maximum absolute atomic E-state index is 13.4. The first kappa shape index (κ1) is 23.8. The number of pyridine rings is 1. The molecular formula is C24H31N3O5S. The second-order valence-corrected chi connectivity index (χ2v) is 10.7. The molecule has 9 heteroatoms. The number of aromatic nitrogens is 1. The van der Waals surface area contributed by atoms with Gasteiger partial charge in [-0.2, -0.15) is 4.31 Å². The van der Waals surface area contributed by atoms with Crippen molar-refractivity contribution in [3.8, 4) is 0 Å². The summed E-state index contributed by atoms with van der Waals surface area (Å²) in [6.07, 6.45) is 5.04. The van der Waals surface area contributed by atoms with E-state index in [0.29, 0.717) is 38.3 Å². The zero-order valence-corrected chi connectivity index (χ0v) is 19.9. The Morgan fingerprint density at radius 3 is 2.48 bits per heavy atom. The van der Waals surface area contributed by atoms with Crippen LogP contribution in [-0.2, 0) is 26.0 Å². The predicted molar refractivity (Wildman–Crippen MR) is 123 cm³/mol. The Kier molecular flexibility index (Phi) is 7.43. The van der Waals surface area contributed by atoms with E-state index < -0.39 is 10.0 Å². The lowest BCUT2D eigenvalue weighted by Gasteiger charge is -2.34. The van der Waals surface area contributed by atoms with E-state index in [2.05, 4.69) is 4.98 Å². The van der Waals surface area contributed by atoms with Crippen LogP contribution in [0.4, 0.5) is 0 Å². The summed E-state index contributed by atoms with van der Waals surface area (Å²) >= 11 is 0. The molecule has 2 aromatic rings. The smallest absolute Gasteiger partial charge is 0.254 e. The third kappa shape index (κ3) is 5.78. The molecule has 1 aromatic carbocycles. The normalized spacial score (nSPS) is 24.0. The van der Waals surface area contributed by atoms with E-state index in [1.165, 1.54) is 16.4 Å². The summed E-state index contributed by atoms with van der Waals surface area (Å²) in [5, 5.41) is 0. The number of sulfonamides is 1. The highest BCUT2D eigenvalue weighted by Gasteiger charge is 2.32. The number of carbonyl (C=O) groups excluding carboxylic acids is 1. The van der Waals surface area contributed by atoms with Crippen LogP contribution in [-0.4, -0.2) is 73.1 Å². The van der Waals surface area contributed by atoms with Gasteiger partial charge in [0.15, 0.2) is 0 Å². The highest BCUT2D eigenvalue weighted by Crippen LogP contribution is 2.23. The molecule has 3 atom stereocenters. The summed E-state index contributed by atoms with van der Waals surface area (Å²) in [7, 11) is -3.66. The van der Waals surface area contributed by atoms with E-state index in [4.69, 9.17) is 9.47 Å².